The van der Waals surface area contributed by atoms with Crippen molar-refractivity contribution in [3.63, 3.8) is 0 Å². The normalized spacial score (nSPS) is 10.7. The minimum absolute atomic E-state index is 0.0461. The molecular weight excluding hydrogens is 276 g/mol. The standard InChI is InChI=1S/C15H17ClN2O2/c1-10(2)19-14-4-3-7-18-15(14)20-12-6-5-11(9-17)13(16)8-12/h3-8,10H,9,17H2,1-2H3. The van der Waals surface area contributed by atoms with Gasteiger partial charge in [0.2, 0.25) is 0 Å². The Morgan fingerprint density at radius 1 is 1.30 bits per heavy atom. The van der Waals surface area contributed by atoms with E-state index in [9.17, 15) is 0 Å². The third-order valence-electron chi connectivity index (χ3n) is 2.56. The summed E-state index contributed by atoms with van der Waals surface area (Å²) < 4.78 is 11.4. The summed E-state index contributed by atoms with van der Waals surface area (Å²) in [5.74, 6) is 1.61. The molecule has 5 heteroatoms. The molecule has 0 radical (unpaired) electrons. The van der Waals surface area contributed by atoms with Crippen molar-refractivity contribution in [2.75, 3.05) is 0 Å². The van der Waals surface area contributed by atoms with Gasteiger partial charge in [-0.1, -0.05) is 17.7 Å². The Morgan fingerprint density at radius 2 is 2.10 bits per heavy atom. The van der Waals surface area contributed by atoms with Crippen LogP contribution in [0.15, 0.2) is 36.5 Å². The molecule has 0 amide bonds. The van der Waals surface area contributed by atoms with Crippen LogP contribution in [0.4, 0.5) is 0 Å². The zero-order valence-electron chi connectivity index (χ0n) is 11.5. The van der Waals surface area contributed by atoms with Gasteiger partial charge < -0.3 is 15.2 Å². The van der Waals surface area contributed by atoms with Crippen LogP contribution in [0.3, 0.4) is 0 Å². The second-order valence-corrected chi connectivity index (χ2v) is 4.94. The summed E-state index contributed by atoms with van der Waals surface area (Å²) in [4.78, 5) is 4.18. The molecule has 106 valence electrons. The zero-order chi connectivity index (χ0) is 14.5. The number of nitrogens with two attached hydrogens (primary N) is 1. The summed E-state index contributed by atoms with van der Waals surface area (Å²) in [6, 6.07) is 8.98. The molecule has 1 aromatic heterocycles. The van der Waals surface area contributed by atoms with Crippen LogP contribution in [0.5, 0.6) is 17.4 Å². The van der Waals surface area contributed by atoms with Crippen LogP contribution in [0.25, 0.3) is 0 Å². The Hall–Kier alpha value is -1.78. The van der Waals surface area contributed by atoms with E-state index in [1.54, 1.807) is 18.3 Å². The summed E-state index contributed by atoms with van der Waals surface area (Å²) >= 11 is 6.11. The highest BCUT2D eigenvalue weighted by Crippen LogP contribution is 2.31. The van der Waals surface area contributed by atoms with Crippen LogP contribution in [0.2, 0.25) is 5.02 Å². The van der Waals surface area contributed by atoms with Crippen LogP contribution < -0.4 is 15.2 Å². The second-order valence-electron chi connectivity index (χ2n) is 4.53. The molecule has 1 aromatic carbocycles. The molecule has 1 heterocycles. The Bertz CT molecular complexity index is 588. The molecule has 2 rings (SSSR count). The quantitative estimate of drug-likeness (QED) is 0.911. The van der Waals surface area contributed by atoms with E-state index in [-0.39, 0.29) is 6.10 Å². The van der Waals surface area contributed by atoms with E-state index >= 15 is 0 Å². The minimum Gasteiger partial charge on any atom is -0.485 e. The summed E-state index contributed by atoms with van der Waals surface area (Å²) in [6.07, 6.45) is 1.70. The summed E-state index contributed by atoms with van der Waals surface area (Å²) in [7, 11) is 0. The van der Waals surface area contributed by atoms with Crippen molar-refractivity contribution >= 4 is 11.6 Å². The lowest BCUT2D eigenvalue weighted by atomic mass is 10.2. The fourth-order valence-electron chi connectivity index (χ4n) is 1.67. The number of aromatic nitrogens is 1. The van der Waals surface area contributed by atoms with Crippen molar-refractivity contribution < 1.29 is 9.47 Å². The van der Waals surface area contributed by atoms with Crippen molar-refractivity contribution in [3.8, 4) is 17.4 Å². The monoisotopic (exact) mass is 292 g/mol. The maximum atomic E-state index is 6.11. The van der Waals surface area contributed by atoms with Gasteiger partial charge in [0.15, 0.2) is 5.75 Å². The van der Waals surface area contributed by atoms with E-state index < -0.39 is 0 Å². The van der Waals surface area contributed by atoms with Gasteiger partial charge in [0.05, 0.1) is 6.10 Å². The van der Waals surface area contributed by atoms with E-state index in [0.717, 1.165) is 5.56 Å². The SMILES string of the molecule is CC(C)Oc1cccnc1Oc1ccc(CN)c(Cl)c1. The van der Waals surface area contributed by atoms with Crippen LogP contribution in [0.1, 0.15) is 19.4 Å². The second kappa shape index (κ2) is 6.59. The van der Waals surface area contributed by atoms with Gasteiger partial charge in [-0.3, -0.25) is 0 Å². The number of ether oxygens (including phenoxy) is 2. The molecule has 2 N–H and O–H groups in total. The van der Waals surface area contributed by atoms with Gasteiger partial charge in [-0.15, -0.1) is 0 Å². The average molecular weight is 293 g/mol. The van der Waals surface area contributed by atoms with Gasteiger partial charge in [0.1, 0.15) is 5.75 Å². The molecule has 0 saturated carbocycles. The number of halogens is 1. The number of pyridine rings is 1. The summed E-state index contributed by atoms with van der Waals surface area (Å²) in [6.45, 7) is 4.29. The Labute approximate surface area is 123 Å². The number of hydrogen-bond donors (Lipinski definition) is 1. The molecule has 2 aromatic rings. The number of hydrogen-bond acceptors (Lipinski definition) is 4. The van der Waals surface area contributed by atoms with Gasteiger partial charge >= 0.3 is 0 Å². The highest BCUT2D eigenvalue weighted by Gasteiger charge is 2.10. The minimum atomic E-state index is 0.0461. The van der Waals surface area contributed by atoms with Gasteiger partial charge in [0.25, 0.3) is 5.88 Å². The lowest BCUT2D eigenvalue weighted by Gasteiger charge is -2.14. The molecule has 0 fully saturated rings. The highest BCUT2D eigenvalue weighted by atomic mass is 35.5. The van der Waals surface area contributed by atoms with Crippen LogP contribution in [-0.4, -0.2) is 11.1 Å². The highest BCUT2D eigenvalue weighted by molar-refractivity contribution is 6.31. The summed E-state index contributed by atoms with van der Waals surface area (Å²) in [5.41, 5.74) is 6.45. The molecule has 0 bridgehead atoms. The molecule has 0 atom stereocenters. The molecule has 0 saturated heterocycles. The van der Waals surface area contributed by atoms with Crippen molar-refractivity contribution in [2.24, 2.45) is 5.73 Å². The maximum absolute atomic E-state index is 6.11. The Kier molecular flexibility index (Phi) is 4.82. The van der Waals surface area contributed by atoms with Crippen LogP contribution in [0, 0.1) is 0 Å². The van der Waals surface area contributed by atoms with Gasteiger partial charge in [0, 0.05) is 17.8 Å². The Morgan fingerprint density at radius 3 is 2.75 bits per heavy atom. The third kappa shape index (κ3) is 3.62. The number of rotatable bonds is 5. The van der Waals surface area contributed by atoms with Crippen LogP contribution >= 0.6 is 11.6 Å². The molecule has 0 aliphatic carbocycles. The molecule has 0 unspecified atom stereocenters. The first-order valence-corrected chi connectivity index (χ1v) is 6.76. The van der Waals surface area contributed by atoms with E-state index in [1.165, 1.54) is 0 Å². The van der Waals surface area contributed by atoms with E-state index in [4.69, 9.17) is 26.8 Å². The van der Waals surface area contributed by atoms with E-state index in [0.29, 0.717) is 28.9 Å². The van der Waals surface area contributed by atoms with Gasteiger partial charge in [-0.05, 0) is 43.7 Å². The average Bonchev–Trinajstić information content (AvgIpc) is 2.41. The molecule has 0 aliphatic heterocycles. The maximum Gasteiger partial charge on any atom is 0.262 e. The van der Waals surface area contributed by atoms with Crippen LogP contribution in [-0.2, 0) is 6.54 Å². The van der Waals surface area contributed by atoms with Gasteiger partial charge in [-0.25, -0.2) is 4.98 Å². The largest absolute Gasteiger partial charge is 0.485 e. The molecule has 20 heavy (non-hydrogen) atoms. The molecule has 0 aliphatic rings. The Balaban J connectivity index is 2.23. The fraction of sp³-hybridized carbons (Fsp3) is 0.267. The zero-order valence-corrected chi connectivity index (χ0v) is 12.2. The van der Waals surface area contributed by atoms with Crippen molar-refractivity contribution in [2.45, 2.75) is 26.5 Å². The topological polar surface area (TPSA) is 57.4 Å². The lowest BCUT2D eigenvalue weighted by molar-refractivity contribution is 0.231. The van der Waals surface area contributed by atoms with Gasteiger partial charge in [-0.2, -0.15) is 0 Å². The fourth-order valence-corrected chi connectivity index (χ4v) is 1.91. The third-order valence-corrected chi connectivity index (χ3v) is 2.91. The predicted octanol–water partition coefficient (Wildman–Crippen LogP) is 3.77. The van der Waals surface area contributed by atoms with E-state index in [1.807, 2.05) is 32.0 Å². The first-order valence-electron chi connectivity index (χ1n) is 6.38. The van der Waals surface area contributed by atoms with Crippen molar-refractivity contribution in [1.29, 1.82) is 0 Å². The van der Waals surface area contributed by atoms with E-state index in [2.05, 4.69) is 4.98 Å². The molecular formula is C15H17ClN2O2. The smallest absolute Gasteiger partial charge is 0.262 e. The molecule has 4 nitrogen and oxygen atoms in total. The van der Waals surface area contributed by atoms with Crippen molar-refractivity contribution in [3.05, 3.63) is 47.1 Å². The lowest BCUT2D eigenvalue weighted by Crippen LogP contribution is -2.07. The first kappa shape index (κ1) is 14.6. The predicted molar refractivity (Wildman–Crippen MR) is 79.4 cm³/mol. The number of benzene rings is 1. The van der Waals surface area contributed by atoms with Crippen molar-refractivity contribution in [1.82, 2.24) is 4.98 Å². The number of nitrogens with zero attached hydrogens (tertiary/aromatic N) is 1. The summed E-state index contributed by atoms with van der Waals surface area (Å²) in [5, 5.41) is 0.576. The first-order chi connectivity index (χ1) is 9.60. The molecule has 0 spiro atoms.